The lowest BCUT2D eigenvalue weighted by Crippen LogP contribution is -2.50. The molecular weight excluding hydrogens is 419 g/mol. The van der Waals surface area contributed by atoms with Gasteiger partial charge in [0, 0.05) is 26.2 Å². The summed E-state index contributed by atoms with van der Waals surface area (Å²) in [4.78, 5) is 14.4. The molecule has 0 saturated carbocycles. The number of benzene rings is 2. The summed E-state index contributed by atoms with van der Waals surface area (Å²) in [5.41, 5.74) is 2.19. The lowest BCUT2D eigenvalue weighted by molar-refractivity contribution is 0.0696. The van der Waals surface area contributed by atoms with Crippen LogP contribution >= 0.6 is 0 Å². The summed E-state index contributed by atoms with van der Waals surface area (Å²) in [6.45, 7) is 2.64. The first kappa shape index (κ1) is 21.2. The zero-order valence-corrected chi connectivity index (χ0v) is 17.9. The first-order valence-corrected chi connectivity index (χ1v) is 11.5. The van der Waals surface area contributed by atoms with E-state index in [1.807, 2.05) is 37.3 Å². The zero-order valence-electron chi connectivity index (χ0n) is 17.1. The Labute approximate surface area is 180 Å². The number of amides is 1. The van der Waals surface area contributed by atoms with Gasteiger partial charge in [-0.2, -0.15) is 9.40 Å². The van der Waals surface area contributed by atoms with Gasteiger partial charge in [-0.1, -0.05) is 37.3 Å². The van der Waals surface area contributed by atoms with Crippen molar-refractivity contribution in [1.29, 1.82) is 0 Å². The molecule has 1 aliphatic heterocycles. The number of para-hydroxylation sites is 1. The Hall–Kier alpha value is -3.04. The Bertz CT molecular complexity index is 1190. The largest absolute Gasteiger partial charge is 0.336 e. The van der Waals surface area contributed by atoms with Crippen molar-refractivity contribution in [3.63, 3.8) is 0 Å². The van der Waals surface area contributed by atoms with Crippen LogP contribution in [0, 0.1) is 5.82 Å². The maximum absolute atomic E-state index is 14.0. The van der Waals surface area contributed by atoms with Crippen LogP contribution in [0.4, 0.5) is 4.39 Å². The average molecular weight is 443 g/mol. The lowest BCUT2D eigenvalue weighted by Gasteiger charge is -2.34. The summed E-state index contributed by atoms with van der Waals surface area (Å²) in [6, 6.07) is 14.9. The highest BCUT2D eigenvalue weighted by molar-refractivity contribution is 7.89. The fourth-order valence-electron chi connectivity index (χ4n) is 3.78. The molecule has 0 N–H and O–H groups in total. The molecule has 1 saturated heterocycles. The molecule has 0 bridgehead atoms. The molecule has 1 aliphatic rings. The molecule has 2 heterocycles. The summed E-state index contributed by atoms with van der Waals surface area (Å²) >= 11 is 0. The topological polar surface area (TPSA) is 75.5 Å². The van der Waals surface area contributed by atoms with Crippen molar-refractivity contribution in [3.05, 3.63) is 77.9 Å². The number of sulfonamides is 1. The van der Waals surface area contributed by atoms with Crippen molar-refractivity contribution in [1.82, 2.24) is 19.0 Å². The monoisotopic (exact) mass is 442 g/mol. The molecule has 1 amide bonds. The third kappa shape index (κ3) is 3.98. The van der Waals surface area contributed by atoms with Gasteiger partial charge >= 0.3 is 0 Å². The first-order chi connectivity index (χ1) is 14.9. The standard InChI is InChI=1S/C22H23FN4O3S/c1-2-20-18(16-24-27(20)17-8-4-3-5-9-17)22(28)25-12-14-26(15-13-25)31(29,30)21-11-7-6-10-19(21)23/h3-11,16H,2,12-15H2,1H3. The molecule has 0 spiro atoms. The number of carbonyl (C=O) groups excluding carboxylic acids is 1. The lowest BCUT2D eigenvalue weighted by atomic mass is 10.1. The molecule has 1 fully saturated rings. The number of aromatic nitrogens is 2. The molecule has 7 nitrogen and oxygen atoms in total. The Morgan fingerprint density at radius 3 is 2.29 bits per heavy atom. The van der Waals surface area contributed by atoms with Crippen LogP contribution in [0.1, 0.15) is 23.0 Å². The Morgan fingerprint density at radius 1 is 1.00 bits per heavy atom. The quantitative estimate of drug-likeness (QED) is 0.609. The molecule has 0 atom stereocenters. The third-order valence-electron chi connectivity index (χ3n) is 5.42. The average Bonchev–Trinajstić information content (AvgIpc) is 3.23. The van der Waals surface area contributed by atoms with Crippen LogP contribution < -0.4 is 0 Å². The molecule has 9 heteroatoms. The number of piperazine rings is 1. The number of hydrogen-bond acceptors (Lipinski definition) is 4. The van der Waals surface area contributed by atoms with Crippen LogP contribution in [0.5, 0.6) is 0 Å². The summed E-state index contributed by atoms with van der Waals surface area (Å²) in [5, 5.41) is 4.40. The van der Waals surface area contributed by atoms with Gasteiger partial charge in [0.1, 0.15) is 10.7 Å². The van der Waals surface area contributed by atoms with Gasteiger partial charge in [0.2, 0.25) is 10.0 Å². The Balaban J connectivity index is 1.51. The number of carbonyl (C=O) groups is 1. The summed E-state index contributed by atoms with van der Waals surface area (Å²) in [5.74, 6) is -0.955. The molecule has 3 aromatic rings. The summed E-state index contributed by atoms with van der Waals surface area (Å²) in [6.07, 6.45) is 2.19. The van der Waals surface area contributed by atoms with Gasteiger partial charge in [-0.25, -0.2) is 17.5 Å². The highest BCUT2D eigenvalue weighted by Gasteiger charge is 2.33. The van der Waals surface area contributed by atoms with Gasteiger partial charge in [0.25, 0.3) is 5.91 Å². The van der Waals surface area contributed by atoms with Crippen LogP contribution in [-0.2, 0) is 16.4 Å². The van der Waals surface area contributed by atoms with E-state index in [4.69, 9.17) is 0 Å². The first-order valence-electron chi connectivity index (χ1n) is 10.1. The van der Waals surface area contributed by atoms with E-state index >= 15 is 0 Å². The summed E-state index contributed by atoms with van der Waals surface area (Å²) in [7, 11) is -3.95. The normalized spacial score (nSPS) is 15.2. The Kier molecular flexibility index (Phi) is 5.88. The predicted octanol–water partition coefficient (Wildman–Crippen LogP) is 2.72. The molecule has 162 valence electrons. The maximum atomic E-state index is 14.0. The van der Waals surface area contributed by atoms with Gasteiger partial charge < -0.3 is 4.90 Å². The minimum Gasteiger partial charge on any atom is -0.336 e. The van der Waals surface area contributed by atoms with E-state index < -0.39 is 15.8 Å². The third-order valence-corrected chi connectivity index (χ3v) is 7.35. The second-order valence-electron chi connectivity index (χ2n) is 7.23. The summed E-state index contributed by atoms with van der Waals surface area (Å²) < 4.78 is 42.6. The maximum Gasteiger partial charge on any atom is 0.257 e. The van der Waals surface area contributed by atoms with Crippen LogP contribution in [0.3, 0.4) is 0 Å². The molecule has 1 aromatic heterocycles. The minimum absolute atomic E-state index is 0.108. The number of rotatable bonds is 5. The molecule has 4 rings (SSSR count). The highest BCUT2D eigenvalue weighted by Crippen LogP contribution is 2.22. The van der Waals surface area contributed by atoms with Crippen molar-refractivity contribution < 1.29 is 17.6 Å². The van der Waals surface area contributed by atoms with Crippen molar-refractivity contribution >= 4 is 15.9 Å². The molecular formula is C22H23FN4O3S. The number of halogens is 1. The van der Waals surface area contributed by atoms with Crippen molar-refractivity contribution in [2.75, 3.05) is 26.2 Å². The molecule has 0 radical (unpaired) electrons. The van der Waals surface area contributed by atoms with Gasteiger partial charge in [-0.3, -0.25) is 4.79 Å². The fraction of sp³-hybridized carbons (Fsp3) is 0.273. The van der Waals surface area contributed by atoms with E-state index in [1.54, 1.807) is 15.8 Å². The van der Waals surface area contributed by atoms with Gasteiger partial charge in [-0.15, -0.1) is 0 Å². The van der Waals surface area contributed by atoms with Crippen LogP contribution in [0.2, 0.25) is 0 Å². The van der Waals surface area contributed by atoms with Gasteiger partial charge in [-0.05, 0) is 30.7 Å². The number of hydrogen-bond donors (Lipinski definition) is 0. The SMILES string of the molecule is CCc1c(C(=O)N2CCN(S(=O)(=O)c3ccccc3F)CC2)cnn1-c1ccccc1. The van der Waals surface area contributed by atoms with Crippen LogP contribution in [0.15, 0.2) is 65.7 Å². The van der Waals surface area contributed by atoms with E-state index in [1.165, 1.54) is 22.5 Å². The Morgan fingerprint density at radius 2 is 1.65 bits per heavy atom. The smallest absolute Gasteiger partial charge is 0.257 e. The molecule has 2 aromatic carbocycles. The van der Waals surface area contributed by atoms with E-state index in [-0.39, 0.29) is 37.0 Å². The minimum atomic E-state index is -3.95. The van der Waals surface area contributed by atoms with Gasteiger partial charge in [0.15, 0.2) is 0 Å². The predicted molar refractivity (Wildman–Crippen MR) is 114 cm³/mol. The highest BCUT2D eigenvalue weighted by atomic mass is 32.2. The van der Waals surface area contributed by atoms with Crippen LogP contribution in [-0.4, -0.2) is 59.5 Å². The van der Waals surface area contributed by atoms with E-state index in [9.17, 15) is 17.6 Å². The van der Waals surface area contributed by atoms with Crippen molar-refractivity contribution in [2.45, 2.75) is 18.2 Å². The molecule has 31 heavy (non-hydrogen) atoms. The van der Waals surface area contributed by atoms with Crippen molar-refractivity contribution in [3.8, 4) is 5.69 Å². The molecule has 0 unspecified atom stereocenters. The van der Waals surface area contributed by atoms with Crippen molar-refractivity contribution in [2.24, 2.45) is 0 Å². The van der Waals surface area contributed by atoms with Crippen LogP contribution in [0.25, 0.3) is 5.69 Å². The second kappa shape index (κ2) is 8.60. The van der Waals surface area contributed by atoms with E-state index in [0.717, 1.165) is 17.4 Å². The molecule has 0 aliphatic carbocycles. The van der Waals surface area contributed by atoms with E-state index in [0.29, 0.717) is 12.0 Å². The number of nitrogens with zero attached hydrogens (tertiary/aromatic N) is 4. The second-order valence-corrected chi connectivity index (χ2v) is 9.14. The fourth-order valence-corrected chi connectivity index (χ4v) is 5.27. The van der Waals surface area contributed by atoms with E-state index in [2.05, 4.69) is 5.10 Å². The van der Waals surface area contributed by atoms with Gasteiger partial charge in [0.05, 0.1) is 23.1 Å². The zero-order chi connectivity index (χ0) is 22.0.